The zero-order chi connectivity index (χ0) is 11.0. The van der Waals surface area contributed by atoms with Gasteiger partial charge in [-0.2, -0.15) is 0 Å². The van der Waals surface area contributed by atoms with Crippen molar-refractivity contribution in [2.24, 2.45) is 0 Å². The molecule has 0 aliphatic carbocycles. The number of rotatable bonds is 1. The Morgan fingerprint density at radius 1 is 1.20 bits per heavy atom. The van der Waals surface area contributed by atoms with Gasteiger partial charge in [-0.15, -0.1) is 0 Å². The number of pyridine rings is 1. The molecule has 2 aromatic rings. The van der Waals surface area contributed by atoms with Crippen molar-refractivity contribution in [2.45, 2.75) is 19.8 Å². The van der Waals surface area contributed by atoms with Gasteiger partial charge in [-0.05, 0) is 18.1 Å². The minimum absolute atomic E-state index is 0.190. The largest absolute Gasteiger partial charge is 0.508 e. The van der Waals surface area contributed by atoms with E-state index < -0.39 is 0 Å². The van der Waals surface area contributed by atoms with Crippen LogP contribution < -0.4 is 0 Å². The molecule has 1 aromatic carbocycles. The lowest BCUT2D eigenvalue weighted by Gasteiger charge is -2.11. The molecule has 0 bridgehead atoms. The fourth-order valence-electron chi connectivity index (χ4n) is 1.80. The van der Waals surface area contributed by atoms with Gasteiger partial charge in [-0.1, -0.05) is 13.8 Å². The number of fused-ring (bicyclic) bond motifs is 1. The van der Waals surface area contributed by atoms with Gasteiger partial charge in [-0.25, -0.2) is 0 Å². The topological polar surface area (TPSA) is 53.4 Å². The minimum Gasteiger partial charge on any atom is -0.508 e. The summed E-state index contributed by atoms with van der Waals surface area (Å²) >= 11 is 0. The molecule has 3 nitrogen and oxygen atoms in total. The van der Waals surface area contributed by atoms with Gasteiger partial charge in [0, 0.05) is 17.0 Å². The van der Waals surface area contributed by atoms with Gasteiger partial charge in [0.2, 0.25) is 0 Å². The quantitative estimate of drug-likeness (QED) is 0.749. The molecule has 1 aromatic heterocycles. The summed E-state index contributed by atoms with van der Waals surface area (Å²) in [5, 5.41) is 19.9. The highest BCUT2D eigenvalue weighted by atomic mass is 16.3. The fraction of sp³-hybridized carbons (Fsp3) is 0.250. The van der Waals surface area contributed by atoms with Gasteiger partial charge in [0.1, 0.15) is 11.5 Å². The van der Waals surface area contributed by atoms with Crippen LogP contribution in [0, 0.1) is 0 Å². The zero-order valence-corrected chi connectivity index (χ0v) is 8.73. The average Bonchev–Trinajstić information content (AvgIpc) is 2.17. The van der Waals surface area contributed by atoms with E-state index in [0.29, 0.717) is 5.52 Å². The lowest BCUT2D eigenvalue weighted by atomic mass is 9.98. The molecular formula is C12H13NO2. The van der Waals surface area contributed by atoms with E-state index in [1.165, 1.54) is 6.20 Å². The number of nitrogens with zero attached hydrogens (tertiary/aromatic N) is 1. The maximum Gasteiger partial charge on any atom is 0.137 e. The molecule has 3 heteroatoms. The molecule has 1 heterocycles. The number of benzene rings is 1. The lowest BCUT2D eigenvalue weighted by Crippen LogP contribution is -1.92. The Kier molecular flexibility index (Phi) is 2.23. The number of phenolic OH excluding ortho intramolecular Hbond substituents is 1. The summed E-state index contributed by atoms with van der Waals surface area (Å²) in [7, 11) is 0. The second-order valence-corrected chi connectivity index (χ2v) is 3.91. The number of aromatic nitrogens is 1. The number of hydrogen-bond acceptors (Lipinski definition) is 3. The molecule has 2 rings (SSSR count). The lowest BCUT2D eigenvalue weighted by molar-refractivity contribution is 0.463. The number of aromatic hydroxyl groups is 2. The van der Waals surface area contributed by atoms with Gasteiger partial charge in [0.25, 0.3) is 0 Å². The first-order valence-corrected chi connectivity index (χ1v) is 4.90. The summed E-state index contributed by atoms with van der Waals surface area (Å²) in [5.74, 6) is 0.624. The van der Waals surface area contributed by atoms with Crippen LogP contribution in [0.3, 0.4) is 0 Å². The SMILES string of the molecule is CC(C)c1c(O)cnc2cc(O)ccc12. The summed E-state index contributed by atoms with van der Waals surface area (Å²) in [6.07, 6.45) is 1.43. The monoisotopic (exact) mass is 203 g/mol. The van der Waals surface area contributed by atoms with Crippen LogP contribution in [0.5, 0.6) is 11.5 Å². The van der Waals surface area contributed by atoms with Crippen molar-refractivity contribution in [3.8, 4) is 11.5 Å². The normalized spacial score (nSPS) is 11.1. The Bertz CT molecular complexity index is 506. The Labute approximate surface area is 88.0 Å². The Balaban J connectivity index is 2.82. The molecule has 0 saturated carbocycles. The second kappa shape index (κ2) is 3.42. The van der Waals surface area contributed by atoms with E-state index in [-0.39, 0.29) is 17.4 Å². The first-order valence-electron chi connectivity index (χ1n) is 4.90. The molecule has 2 N–H and O–H groups in total. The predicted octanol–water partition coefficient (Wildman–Crippen LogP) is 2.77. The van der Waals surface area contributed by atoms with Gasteiger partial charge in [0.15, 0.2) is 0 Å². The molecule has 0 saturated heterocycles. The third-order valence-electron chi connectivity index (χ3n) is 2.45. The van der Waals surface area contributed by atoms with Crippen molar-refractivity contribution >= 4 is 10.9 Å². The number of phenols is 1. The van der Waals surface area contributed by atoms with E-state index in [1.807, 2.05) is 13.8 Å². The number of hydrogen-bond donors (Lipinski definition) is 2. The van der Waals surface area contributed by atoms with Gasteiger partial charge in [-0.3, -0.25) is 4.98 Å². The van der Waals surface area contributed by atoms with E-state index >= 15 is 0 Å². The molecule has 0 aliphatic rings. The molecule has 0 radical (unpaired) electrons. The van der Waals surface area contributed by atoms with E-state index in [4.69, 9.17) is 0 Å². The van der Waals surface area contributed by atoms with Crippen LogP contribution in [0.1, 0.15) is 25.3 Å². The molecule has 78 valence electrons. The van der Waals surface area contributed by atoms with E-state index in [2.05, 4.69) is 4.98 Å². The first-order chi connectivity index (χ1) is 7.09. The maximum absolute atomic E-state index is 9.72. The van der Waals surface area contributed by atoms with Crippen LogP contribution in [-0.4, -0.2) is 15.2 Å². The van der Waals surface area contributed by atoms with Crippen LogP contribution in [0.15, 0.2) is 24.4 Å². The fourth-order valence-corrected chi connectivity index (χ4v) is 1.80. The van der Waals surface area contributed by atoms with Crippen LogP contribution in [0.2, 0.25) is 0 Å². The van der Waals surface area contributed by atoms with Crippen molar-refractivity contribution in [3.63, 3.8) is 0 Å². The highest BCUT2D eigenvalue weighted by Crippen LogP contribution is 2.32. The van der Waals surface area contributed by atoms with Crippen molar-refractivity contribution < 1.29 is 10.2 Å². The average molecular weight is 203 g/mol. The van der Waals surface area contributed by atoms with E-state index in [9.17, 15) is 10.2 Å². The summed E-state index contributed by atoms with van der Waals surface area (Å²) < 4.78 is 0. The summed E-state index contributed by atoms with van der Waals surface area (Å²) in [6.45, 7) is 4.03. The highest BCUT2D eigenvalue weighted by Gasteiger charge is 2.11. The Morgan fingerprint density at radius 3 is 2.60 bits per heavy atom. The third kappa shape index (κ3) is 1.61. The summed E-state index contributed by atoms with van der Waals surface area (Å²) in [6, 6.07) is 4.99. The smallest absolute Gasteiger partial charge is 0.137 e. The van der Waals surface area contributed by atoms with Crippen LogP contribution in [0.4, 0.5) is 0 Å². The third-order valence-corrected chi connectivity index (χ3v) is 2.45. The van der Waals surface area contributed by atoms with Crippen molar-refractivity contribution in [2.75, 3.05) is 0 Å². The molecule has 0 amide bonds. The highest BCUT2D eigenvalue weighted by molar-refractivity contribution is 5.85. The van der Waals surface area contributed by atoms with E-state index in [1.54, 1.807) is 18.2 Å². The van der Waals surface area contributed by atoms with Crippen molar-refractivity contribution in [1.29, 1.82) is 0 Å². The first kappa shape index (κ1) is 9.77. The van der Waals surface area contributed by atoms with Crippen LogP contribution in [-0.2, 0) is 0 Å². The van der Waals surface area contributed by atoms with E-state index in [0.717, 1.165) is 10.9 Å². The van der Waals surface area contributed by atoms with Gasteiger partial charge in [0.05, 0.1) is 11.7 Å². The Morgan fingerprint density at radius 2 is 1.93 bits per heavy atom. The predicted molar refractivity (Wildman–Crippen MR) is 59.2 cm³/mol. The standard InChI is InChI=1S/C12H13NO2/c1-7(2)12-9-4-3-8(14)5-10(9)13-6-11(12)15/h3-7,14-15H,1-2H3. The van der Waals surface area contributed by atoms with Crippen molar-refractivity contribution in [3.05, 3.63) is 30.0 Å². The molecule has 0 atom stereocenters. The molecule has 15 heavy (non-hydrogen) atoms. The van der Waals surface area contributed by atoms with Gasteiger partial charge < -0.3 is 10.2 Å². The van der Waals surface area contributed by atoms with Crippen molar-refractivity contribution in [1.82, 2.24) is 4.98 Å². The molecule has 0 fully saturated rings. The molecule has 0 unspecified atom stereocenters. The summed E-state index contributed by atoms with van der Waals surface area (Å²) in [5.41, 5.74) is 1.58. The molecule has 0 aliphatic heterocycles. The minimum atomic E-state index is 0.190. The summed E-state index contributed by atoms with van der Waals surface area (Å²) in [4.78, 5) is 4.07. The zero-order valence-electron chi connectivity index (χ0n) is 8.73. The van der Waals surface area contributed by atoms with Gasteiger partial charge >= 0.3 is 0 Å². The van der Waals surface area contributed by atoms with Crippen LogP contribution >= 0.6 is 0 Å². The second-order valence-electron chi connectivity index (χ2n) is 3.91. The maximum atomic E-state index is 9.72. The molecular weight excluding hydrogens is 190 g/mol. The van der Waals surface area contributed by atoms with Crippen LogP contribution in [0.25, 0.3) is 10.9 Å². The molecule has 0 spiro atoms. The Hall–Kier alpha value is -1.77.